The maximum atomic E-state index is 13.2. The van der Waals surface area contributed by atoms with E-state index >= 15 is 0 Å². The van der Waals surface area contributed by atoms with Crippen LogP contribution in [0, 0.1) is 5.82 Å². The van der Waals surface area contributed by atoms with Gasteiger partial charge in [0, 0.05) is 11.3 Å². The van der Waals surface area contributed by atoms with E-state index in [0.717, 1.165) is 18.4 Å². The van der Waals surface area contributed by atoms with E-state index in [1.54, 1.807) is 19.2 Å². The van der Waals surface area contributed by atoms with Crippen molar-refractivity contribution in [2.24, 2.45) is 0 Å². The molecule has 108 valence electrons. The summed E-state index contributed by atoms with van der Waals surface area (Å²) in [7, 11) is 1.60. The highest BCUT2D eigenvalue weighted by Gasteiger charge is 2.52. The van der Waals surface area contributed by atoms with Crippen LogP contribution in [-0.4, -0.2) is 13.0 Å². The van der Waals surface area contributed by atoms with E-state index in [9.17, 15) is 9.18 Å². The second-order valence-electron chi connectivity index (χ2n) is 5.25. The third kappa shape index (κ3) is 2.49. The van der Waals surface area contributed by atoms with E-state index in [-0.39, 0.29) is 11.7 Å². The first-order valence-corrected chi connectivity index (χ1v) is 6.86. The van der Waals surface area contributed by atoms with Gasteiger partial charge in [-0.1, -0.05) is 24.3 Å². The average Bonchev–Trinajstić information content (AvgIpc) is 3.29. The molecule has 4 heteroatoms. The molecule has 0 bridgehead atoms. The lowest BCUT2D eigenvalue weighted by Gasteiger charge is -2.18. The van der Waals surface area contributed by atoms with E-state index in [1.807, 2.05) is 24.3 Å². The summed E-state index contributed by atoms with van der Waals surface area (Å²) in [6.45, 7) is 0. The van der Waals surface area contributed by atoms with Crippen LogP contribution >= 0.6 is 0 Å². The number of nitrogens with one attached hydrogen (secondary N) is 1. The van der Waals surface area contributed by atoms with Gasteiger partial charge in [-0.05, 0) is 37.1 Å². The van der Waals surface area contributed by atoms with Gasteiger partial charge in [-0.25, -0.2) is 4.39 Å². The molecule has 1 N–H and O–H groups in total. The number of para-hydroxylation sites is 1. The van der Waals surface area contributed by atoms with Crippen LogP contribution in [0.5, 0.6) is 5.75 Å². The van der Waals surface area contributed by atoms with Gasteiger partial charge in [0.15, 0.2) is 0 Å². The zero-order valence-electron chi connectivity index (χ0n) is 11.7. The number of amides is 1. The van der Waals surface area contributed by atoms with Gasteiger partial charge in [0.1, 0.15) is 11.6 Å². The lowest BCUT2D eigenvalue weighted by molar-refractivity contribution is -0.118. The third-order valence-corrected chi connectivity index (χ3v) is 3.89. The molecule has 2 aromatic rings. The molecule has 0 saturated heterocycles. The molecule has 21 heavy (non-hydrogen) atoms. The lowest BCUT2D eigenvalue weighted by atomic mass is 9.94. The Bertz CT molecular complexity index is 680. The number of halogens is 1. The molecule has 0 unspecified atom stereocenters. The molecule has 1 saturated carbocycles. The minimum Gasteiger partial charge on any atom is -0.496 e. The third-order valence-electron chi connectivity index (χ3n) is 3.89. The Labute approximate surface area is 122 Å². The SMILES string of the molecule is COc1ccccc1C1(C(=O)Nc2cccc(F)c2)CC1. The Kier molecular flexibility index (Phi) is 3.37. The van der Waals surface area contributed by atoms with Crippen molar-refractivity contribution in [3.05, 3.63) is 59.9 Å². The van der Waals surface area contributed by atoms with Crippen molar-refractivity contribution in [2.45, 2.75) is 18.3 Å². The van der Waals surface area contributed by atoms with E-state index in [0.29, 0.717) is 11.4 Å². The summed E-state index contributed by atoms with van der Waals surface area (Å²) in [5.74, 6) is 0.233. The molecule has 0 spiro atoms. The molecular weight excluding hydrogens is 269 g/mol. The van der Waals surface area contributed by atoms with Gasteiger partial charge in [0.2, 0.25) is 5.91 Å². The van der Waals surface area contributed by atoms with Crippen LogP contribution in [0.4, 0.5) is 10.1 Å². The molecule has 0 aliphatic heterocycles. The normalized spacial score (nSPS) is 15.3. The summed E-state index contributed by atoms with van der Waals surface area (Å²) in [6, 6.07) is 13.5. The zero-order valence-corrected chi connectivity index (χ0v) is 11.7. The second-order valence-corrected chi connectivity index (χ2v) is 5.25. The fourth-order valence-corrected chi connectivity index (χ4v) is 2.60. The summed E-state index contributed by atoms with van der Waals surface area (Å²) < 4.78 is 18.6. The van der Waals surface area contributed by atoms with Crippen LogP contribution in [0.25, 0.3) is 0 Å². The first kappa shape index (κ1) is 13.6. The standard InChI is InChI=1S/C17H16FNO2/c1-21-15-8-3-2-7-14(15)17(9-10-17)16(20)19-13-6-4-5-12(18)11-13/h2-8,11H,9-10H2,1H3,(H,19,20). The number of carbonyl (C=O) groups is 1. The molecule has 1 fully saturated rings. The van der Waals surface area contributed by atoms with Crippen LogP contribution in [0.15, 0.2) is 48.5 Å². The monoisotopic (exact) mass is 285 g/mol. The molecule has 0 atom stereocenters. The van der Waals surface area contributed by atoms with Gasteiger partial charge in [-0.3, -0.25) is 4.79 Å². The summed E-state index contributed by atoms with van der Waals surface area (Å²) in [4.78, 5) is 12.6. The Hall–Kier alpha value is -2.36. The highest BCUT2D eigenvalue weighted by Crippen LogP contribution is 2.51. The van der Waals surface area contributed by atoms with Gasteiger partial charge in [-0.15, -0.1) is 0 Å². The van der Waals surface area contributed by atoms with Crippen LogP contribution in [0.1, 0.15) is 18.4 Å². The zero-order chi connectivity index (χ0) is 14.9. The maximum Gasteiger partial charge on any atom is 0.235 e. The molecule has 1 aliphatic rings. The highest BCUT2D eigenvalue weighted by molar-refractivity contribution is 6.01. The Morgan fingerprint density at radius 2 is 1.95 bits per heavy atom. The van der Waals surface area contributed by atoms with Crippen LogP contribution < -0.4 is 10.1 Å². The van der Waals surface area contributed by atoms with Gasteiger partial charge in [0.05, 0.1) is 12.5 Å². The van der Waals surface area contributed by atoms with Gasteiger partial charge in [-0.2, -0.15) is 0 Å². The number of anilines is 1. The smallest absolute Gasteiger partial charge is 0.235 e. The summed E-state index contributed by atoms with van der Waals surface area (Å²) in [5.41, 5.74) is 0.807. The fourth-order valence-electron chi connectivity index (χ4n) is 2.60. The molecular formula is C17H16FNO2. The molecule has 3 rings (SSSR count). The van der Waals surface area contributed by atoms with Crippen LogP contribution in [-0.2, 0) is 10.2 Å². The molecule has 0 aromatic heterocycles. The Balaban J connectivity index is 1.87. The number of hydrogen-bond donors (Lipinski definition) is 1. The number of hydrogen-bond acceptors (Lipinski definition) is 2. The number of rotatable bonds is 4. The van der Waals surface area contributed by atoms with Gasteiger partial charge in [0.25, 0.3) is 0 Å². The topological polar surface area (TPSA) is 38.3 Å². The number of carbonyl (C=O) groups excluding carboxylic acids is 1. The summed E-state index contributed by atoms with van der Waals surface area (Å²) >= 11 is 0. The molecule has 3 nitrogen and oxygen atoms in total. The van der Waals surface area contributed by atoms with Crippen LogP contribution in [0.2, 0.25) is 0 Å². The molecule has 1 aliphatic carbocycles. The Morgan fingerprint density at radius 3 is 2.62 bits per heavy atom. The molecule has 2 aromatic carbocycles. The summed E-state index contributed by atoms with van der Waals surface area (Å²) in [6.07, 6.45) is 1.54. The molecule has 0 heterocycles. The fraction of sp³-hybridized carbons (Fsp3) is 0.235. The first-order valence-electron chi connectivity index (χ1n) is 6.86. The quantitative estimate of drug-likeness (QED) is 0.933. The number of benzene rings is 2. The minimum absolute atomic E-state index is 0.113. The predicted molar refractivity (Wildman–Crippen MR) is 78.9 cm³/mol. The Morgan fingerprint density at radius 1 is 1.19 bits per heavy atom. The van der Waals surface area contributed by atoms with E-state index < -0.39 is 5.41 Å². The van der Waals surface area contributed by atoms with E-state index in [4.69, 9.17) is 4.74 Å². The van der Waals surface area contributed by atoms with E-state index in [2.05, 4.69) is 5.32 Å². The number of ether oxygens (including phenoxy) is 1. The lowest BCUT2D eigenvalue weighted by Crippen LogP contribution is -2.28. The van der Waals surface area contributed by atoms with E-state index in [1.165, 1.54) is 12.1 Å². The van der Waals surface area contributed by atoms with Crippen molar-refractivity contribution in [1.82, 2.24) is 0 Å². The highest BCUT2D eigenvalue weighted by atomic mass is 19.1. The first-order chi connectivity index (χ1) is 10.2. The molecule has 1 amide bonds. The predicted octanol–water partition coefficient (Wildman–Crippen LogP) is 3.50. The summed E-state index contributed by atoms with van der Waals surface area (Å²) in [5, 5.41) is 2.80. The van der Waals surface area contributed by atoms with Crippen molar-refractivity contribution >= 4 is 11.6 Å². The van der Waals surface area contributed by atoms with Crippen molar-refractivity contribution < 1.29 is 13.9 Å². The van der Waals surface area contributed by atoms with Gasteiger partial charge >= 0.3 is 0 Å². The van der Waals surface area contributed by atoms with Crippen molar-refractivity contribution in [1.29, 1.82) is 0 Å². The largest absolute Gasteiger partial charge is 0.496 e. The number of methoxy groups -OCH3 is 1. The van der Waals surface area contributed by atoms with Crippen LogP contribution in [0.3, 0.4) is 0 Å². The minimum atomic E-state index is -0.557. The van der Waals surface area contributed by atoms with Crippen molar-refractivity contribution in [2.75, 3.05) is 12.4 Å². The average molecular weight is 285 g/mol. The maximum absolute atomic E-state index is 13.2. The molecule has 0 radical (unpaired) electrons. The second kappa shape index (κ2) is 5.20. The van der Waals surface area contributed by atoms with Crippen molar-refractivity contribution in [3.8, 4) is 5.75 Å². The van der Waals surface area contributed by atoms with Gasteiger partial charge < -0.3 is 10.1 Å². The van der Waals surface area contributed by atoms with Crippen molar-refractivity contribution in [3.63, 3.8) is 0 Å².